The highest BCUT2D eigenvalue weighted by Gasteiger charge is 2.28. The molecule has 0 aromatic heterocycles. The van der Waals surface area contributed by atoms with Gasteiger partial charge in [-0.05, 0) is 73.2 Å². The van der Waals surface area contributed by atoms with Gasteiger partial charge in [-0.2, -0.15) is 0 Å². The Hall–Kier alpha value is -2.67. The highest BCUT2D eigenvalue weighted by atomic mass is 35.5. The average Bonchev–Trinajstić information content (AvgIpc) is 2.89. The van der Waals surface area contributed by atoms with Gasteiger partial charge in [-0.15, -0.1) is 0 Å². The zero-order chi connectivity index (χ0) is 25.5. The Kier molecular flexibility index (Phi) is 8.83. The summed E-state index contributed by atoms with van der Waals surface area (Å²) in [4.78, 5) is 18.3. The van der Waals surface area contributed by atoms with Gasteiger partial charge in [-0.1, -0.05) is 54.1 Å². The number of carbonyl (C=O) groups is 1. The monoisotopic (exact) mass is 524 g/mol. The van der Waals surface area contributed by atoms with E-state index in [-0.39, 0.29) is 16.8 Å². The smallest absolute Gasteiger partial charge is 0.254 e. The lowest BCUT2D eigenvalue weighted by Crippen LogP contribution is -2.48. The van der Waals surface area contributed by atoms with Gasteiger partial charge in [-0.25, -0.2) is 8.42 Å². The maximum Gasteiger partial charge on any atom is 0.254 e. The SMILES string of the molecule is CS(=O)(=O)c1ccc(C(=O)N(CCc2ccccc2)C2CCN(CCc3ccc(Cl)cc3)CC2)cc1. The predicted octanol–water partition coefficient (Wildman–Crippen LogP) is 5.14. The molecule has 7 heteroatoms. The molecule has 1 aliphatic rings. The van der Waals surface area contributed by atoms with Gasteiger partial charge >= 0.3 is 0 Å². The van der Waals surface area contributed by atoms with E-state index >= 15 is 0 Å². The first-order valence-electron chi connectivity index (χ1n) is 12.4. The Morgan fingerprint density at radius 1 is 0.889 bits per heavy atom. The normalized spacial score (nSPS) is 15.1. The van der Waals surface area contributed by atoms with Crippen molar-refractivity contribution in [2.45, 2.75) is 36.6 Å². The molecule has 1 saturated heterocycles. The highest BCUT2D eigenvalue weighted by molar-refractivity contribution is 7.90. The summed E-state index contributed by atoms with van der Waals surface area (Å²) in [6, 6.07) is 24.7. The van der Waals surface area contributed by atoms with Gasteiger partial charge in [0, 0.05) is 49.1 Å². The topological polar surface area (TPSA) is 57.7 Å². The quantitative estimate of drug-likeness (QED) is 0.389. The van der Waals surface area contributed by atoms with Crippen LogP contribution in [0.25, 0.3) is 0 Å². The fourth-order valence-corrected chi connectivity index (χ4v) is 5.50. The number of carbonyl (C=O) groups excluding carboxylic acids is 1. The number of sulfone groups is 1. The molecule has 1 fully saturated rings. The van der Waals surface area contributed by atoms with Crippen LogP contribution in [0.3, 0.4) is 0 Å². The molecule has 3 aromatic carbocycles. The van der Waals surface area contributed by atoms with Gasteiger partial charge in [0.1, 0.15) is 0 Å². The Bertz CT molecular complexity index is 1240. The Morgan fingerprint density at radius 2 is 1.50 bits per heavy atom. The maximum absolute atomic E-state index is 13.6. The molecule has 36 heavy (non-hydrogen) atoms. The molecule has 5 nitrogen and oxygen atoms in total. The molecule has 0 saturated carbocycles. The summed E-state index contributed by atoms with van der Waals surface area (Å²) in [5.74, 6) is -0.0365. The van der Waals surface area contributed by atoms with Gasteiger partial charge < -0.3 is 9.80 Å². The van der Waals surface area contributed by atoms with E-state index < -0.39 is 9.84 Å². The van der Waals surface area contributed by atoms with Crippen molar-refractivity contribution in [3.8, 4) is 0 Å². The van der Waals surface area contributed by atoms with Crippen LogP contribution < -0.4 is 0 Å². The summed E-state index contributed by atoms with van der Waals surface area (Å²) < 4.78 is 23.7. The van der Waals surface area contributed by atoms with Gasteiger partial charge in [0.25, 0.3) is 5.91 Å². The molecule has 0 bridgehead atoms. The fourth-order valence-electron chi connectivity index (χ4n) is 4.75. The predicted molar refractivity (Wildman–Crippen MR) is 145 cm³/mol. The molecular weight excluding hydrogens is 492 g/mol. The molecule has 1 amide bonds. The van der Waals surface area contributed by atoms with Crippen molar-refractivity contribution in [1.82, 2.24) is 9.80 Å². The molecule has 190 valence electrons. The van der Waals surface area contributed by atoms with E-state index in [1.807, 2.05) is 35.2 Å². The summed E-state index contributed by atoms with van der Waals surface area (Å²) in [6.45, 7) is 3.51. The summed E-state index contributed by atoms with van der Waals surface area (Å²) in [6.07, 6.45) is 4.78. The van der Waals surface area contributed by atoms with Crippen molar-refractivity contribution in [2.24, 2.45) is 0 Å². The molecule has 0 unspecified atom stereocenters. The van der Waals surface area contributed by atoms with Crippen LogP contribution in [-0.4, -0.2) is 62.6 Å². The van der Waals surface area contributed by atoms with E-state index in [1.165, 1.54) is 29.5 Å². The van der Waals surface area contributed by atoms with Crippen molar-refractivity contribution in [2.75, 3.05) is 32.4 Å². The van der Waals surface area contributed by atoms with Gasteiger partial charge in [0.05, 0.1) is 4.90 Å². The third-order valence-corrected chi connectivity index (χ3v) is 8.28. The number of hydrogen-bond donors (Lipinski definition) is 0. The summed E-state index contributed by atoms with van der Waals surface area (Å²) in [5.41, 5.74) is 3.00. The van der Waals surface area contributed by atoms with Crippen molar-refractivity contribution in [3.05, 3.63) is 101 Å². The molecule has 0 N–H and O–H groups in total. The molecule has 1 heterocycles. The standard InChI is InChI=1S/C29H33ClN2O3S/c1-36(34,35)28-13-9-25(10-14-28)29(33)32(22-16-23-5-3-2-4-6-23)27-17-20-31(21-18-27)19-15-24-7-11-26(30)12-8-24/h2-14,27H,15-22H2,1H3. The zero-order valence-electron chi connectivity index (χ0n) is 20.6. The van der Waals surface area contributed by atoms with E-state index in [9.17, 15) is 13.2 Å². The highest BCUT2D eigenvalue weighted by Crippen LogP contribution is 2.21. The molecule has 0 spiro atoms. The zero-order valence-corrected chi connectivity index (χ0v) is 22.2. The number of likely N-dealkylation sites (tertiary alicyclic amines) is 1. The number of piperidine rings is 1. The second-order valence-corrected chi connectivity index (χ2v) is 11.9. The number of amides is 1. The summed E-state index contributed by atoms with van der Waals surface area (Å²) in [5, 5.41) is 0.755. The van der Waals surface area contributed by atoms with Crippen LogP contribution >= 0.6 is 11.6 Å². The Balaban J connectivity index is 1.42. The number of rotatable bonds is 9. The van der Waals surface area contributed by atoms with Crippen LogP contribution in [0, 0.1) is 0 Å². The summed E-state index contributed by atoms with van der Waals surface area (Å²) >= 11 is 6.00. The van der Waals surface area contributed by atoms with E-state index in [1.54, 1.807) is 12.1 Å². The molecule has 0 radical (unpaired) electrons. The van der Waals surface area contributed by atoms with Crippen LogP contribution in [0.1, 0.15) is 34.3 Å². The molecule has 1 aliphatic heterocycles. The van der Waals surface area contributed by atoms with Crippen LogP contribution in [0.4, 0.5) is 0 Å². The van der Waals surface area contributed by atoms with E-state index in [0.29, 0.717) is 12.1 Å². The minimum atomic E-state index is -3.30. The Labute approximate surface area is 219 Å². The van der Waals surface area contributed by atoms with Gasteiger partial charge in [0.15, 0.2) is 9.84 Å². The number of hydrogen-bond acceptors (Lipinski definition) is 4. The van der Waals surface area contributed by atoms with Crippen molar-refractivity contribution < 1.29 is 13.2 Å². The van der Waals surface area contributed by atoms with Crippen molar-refractivity contribution in [3.63, 3.8) is 0 Å². The first kappa shape index (κ1) is 26.4. The molecule has 3 aromatic rings. The largest absolute Gasteiger partial charge is 0.335 e. The summed E-state index contributed by atoms with van der Waals surface area (Å²) in [7, 11) is -3.30. The van der Waals surface area contributed by atoms with Crippen LogP contribution in [0.2, 0.25) is 5.02 Å². The number of benzene rings is 3. The van der Waals surface area contributed by atoms with E-state index in [4.69, 9.17) is 11.6 Å². The third-order valence-electron chi connectivity index (χ3n) is 6.90. The maximum atomic E-state index is 13.6. The second-order valence-electron chi connectivity index (χ2n) is 9.48. The van der Waals surface area contributed by atoms with Crippen molar-refractivity contribution in [1.29, 1.82) is 0 Å². The molecular formula is C29H33ClN2O3S. The lowest BCUT2D eigenvalue weighted by atomic mass is 10.00. The Morgan fingerprint density at radius 3 is 2.11 bits per heavy atom. The molecule has 0 aliphatic carbocycles. The van der Waals surface area contributed by atoms with Crippen LogP contribution in [0.5, 0.6) is 0 Å². The minimum Gasteiger partial charge on any atom is -0.335 e. The van der Waals surface area contributed by atoms with Crippen LogP contribution in [0.15, 0.2) is 83.8 Å². The number of nitrogens with zero attached hydrogens (tertiary/aromatic N) is 2. The van der Waals surface area contributed by atoms with Gasteiger partial charge in [-0.3, -0.25) is 4.79 Å². The molecule has 0 atom stereocenters. The number of halogens is 1. The second kappa shape index (κ2) is 12.0. The molecule has 4 rings (SSSR count). The lowest BCUT2D eigenvalue weighted by Gasteiger charge is -2.39. The average molecular weight is 525 g/mol. The van der Waals surface area contributed by atoms with Crippen LogP contribution in [-0.2, 0) is 22.7 Å². The third kappa shape index (κ3) is 7.19. The minimum absolute atomic E-state index is 0.0365. The fraction of sp³-hybridized carbons (Fsp3) is 0.345. The van der Waals surface area contributed by atoms with Gasteiger partial charge in [0.2, 0.25) is 0 Å². The first-order valence-corrected chi connectivity index (χ1v) is 14.7. The van der Waals surface area contributed by atoms with E-state index in [2.05, 4.69) is 29.2 Å². The lowest BCUT2D eigenvalue weighted by molar-refractivity contribution is 0.0576. The van der Waals surface area contributed by atoms with E-state index in [0.717, 1.165) is 50.3 Å². The van der Waals surface area contributed by atoms with Crippen molar-refractivity contribution >= 4 is 27.3 Å². The first-order chi connectivity index (χ1) is 17.3.